The molecule has 0 aromatic heterocycles. The molecule has 2 N–H and O–H groups in total. The van der Waals surface area contributed by atoms with Crippen LogP contribution in [-0.4, -0.2) is 32.1 Å². The maximum Gasteiger partial charge on any atom is 0.321 e. The van der Waals surface area contributed by atoms with Gasteiger partial charge in [-0.3, -0.25) is 4.79 Å². The molecule has 0 amide bonds. The minimum atomic E-state index is -3.89. The van der Waals surface area contributed by atoms with Crippen molar-refractivity contribution >= 4 is 16.0 Å². The zero-order valence-electron chi connectivity index (χ0n) is 12.2. The number of aliphatic carboxylic acids is 1. The summed E-state index contributed by atoms with van der Waals surface area (Å²) < 4.78 is 32.0. The van der Waals surface area contributed by atoms with Gasteiger partial charge in [0.15, 0.2) is 0 Å². The lowest BCUT2D eigenvalue weighted by molar-refractivity contribution is -0.139. The monoisotopic (exact) mass is 315 g/mol. The largest absolute Gasteiger partial charge is 0.494 e. The second-order valence-corrected chi connectivity index (χ2v) is 6.28. The van der Waals surface area contributed by atoms with Crippen molar-refractivity contribution in [3.8, 4) is 5.75 Å². The van der Waals surface area contributed by atoms with E-state index in [1.54, 1.807) is 19.1 Å². The molecule has 0 aliphatic carbocycles. The summed E-state index contributed by atoms with van der Waals surface area (Å²) in [7, 11) is -3.89. The molecule has 0 fully saturated rings. The van der Waals surface area contributed by atoms with Gasteiger partial charge >= 0.3 is 5.97 Å². The lowest BCUT2D eigenvalue weighted by Crippen LogP contribution is -2.40. The van der Waals surface area contributed by atoms with Gasteiger partial charge in [0.25, 0.3) is 0 Å². The second-order valence-electron chi connectivity index (χ2n) is 4.56. The average molecular weight is 315 g/mol. The molecule has 0 heterocycles. The van der Waals surface area contributed by atoms with Crippen molar-refractivity contribution in [3.05, 3.63) is 24.3 Å². The SMILES string of the molecule is CCCC[C@H](NS(=O)(=O)c1cccc(OCC)c1)C(=O)O. The number of hydrogen-bond acceptors (Lipinski definition) is 4. The number of carbonyl (C=O) groups is 1. The first-order valence-corrected chi connectivity index (χ1v) is 8.37. The molecule has 1 rings (SSSR count). The van der Waals surface area contributed by atoms with Crippen molar-refractivity contribution in [3.63, 3.8) is 0 Å². The Labute approximate surface area is 125 Å². The highest BCUT2D eigenvalue weighted by molar-refractivity contribution is 7.89. The number of unbranched alkanes of at least 4 members (excludes halogenated alkanes) is 1. The number of sulfonamides is 1. The standard InChI is InChI=1S/C14H21NO5S/c1-3-5-9-13(14(16)17)15-21(18,19)12-8-6-7-11(10-12)20-4-2/h6-8,10,13,15H,3-5,9H2,1-2H3,(H,16,17)/t13-/m0/s1. The molecule has 0 saturated heterocycles. The Morgan fingerprint density at radius 3 is 2.67 bits per heavy atom. The maximum atomic E-state index is 12.2. The van der Waals surface area contributed by atoms with Crippen molar-refractivity contribution in [1.29, 1.82) is 0 Å². The molecule has 0 unspecified atom stereocenters. The van der Waals surface area contributed by atoms with Crippen LogP contribution in [0.1, 0.15) is 33.1 Å². The van der Waals surface area contributed by atoms with Crippen LogP contribution in [0.2, 0.25) is 0 Å². The number of ether oxygens (including phenoxy) is 1. The van der Waals surface area contributed by atoms with Gasteiger partial charge < -0.3 is 9.84 Å². The predicted molar refractivity (Wildman–Crippen MR) is 78.9 cm³/mol. The minimum absolute atomic E-state index is 0.00352. The number of hydrogen-bond donors (Lipinski definition) is 2. The third-order valence-electron chi connectivity index (χ3n) is 2.87. The van der Waals surface area contributed by atoms with Crippen LogP contribution in [0.25, 0.3) is 0 Å². The van der Waals surface area contributed by atoms with E-state index < -0.39 is 22.0 Å². The fourth-order valence-electron chi connectivity index (χ4n) is 1.79. The molecule has 1 atom stereocenters. The Hall–Kier alpha value is -1.60. The van der Waals surface area contributed by atoms with Gasteiger partial charge in [0, 0.05) is 6.07 Å². The fourth-order valence-corrected chi connectivity index (χ4v) is 3.05. The molecule has 0 spiro atoms. The maximum absolute atomic E-state index is 12.2. The van der Waals surface area contributed by atoms with Gasteiger partial charge in [-0.15, -0.1) is 0 Å². The topological polar surface area (TPSA) is 92.7 Å². The molecular weight excluding hydrogens is 294 g/mol. The molecule has 0 aliphatic heterocycles. The third kappa shape index (κ3) is 5.35. The van der Waals surface area contributed by atoms with E-state index in [0.717, 1.165) is 6.42 Å². The number of carboxylic acids is 1. The van der Waals surface area contributed by atoms with Gasteiger partial charge in [0.2, 0.25) is 10.0 Å². The summed E-state index contributed by atoms with van der Waals surface area (Å²) in [5, 5.41) is 9.10. The zero-order valence-corrected chi connectivity index (χ0v) is 13.0. The first kappa shape index (κ1) is 17.5. The van der Waals surface area contributed by atoms with Crippen molar-refractivity contribution in [2.45, 2.75) is 44.0 Å². The highest BCUT2D eigenvalue weighted by Gasteiger charge is 2.25. The first-order chi connectivity index (χ1) is 9.90. The smallest absolute Gasteiger partial charge is 0.321 e. The van der Waals surface area contributed by atoms with E-state index in [2.05, 4.69) is 4.72 Å². The number of rotatable bonds is 9. The Morgan fingerprint density at radius 1 is 1.38 bits per heavy atom. The van der Waals surface area contributed by atoms with E-state index in [1.165, 1.54) is 12.1 Å². The first-order valence-electron chi connectivity index (χ1n) is 6.88. The molecule has 0 saturated carbocycles. The Morgan fingerprint density at radius 2 is 2.10 bits per heavy atom. The highest BCUT2D eigenvalue weighted by Crippen LogP contribution is 2.18. The summed E-state index contributed by atoms with van der Waals surface area (Å²) in [4.78, 5) is 11.1. The molecule has 6 nitrogen and oxygen atoms in total. The van der Waals surface area contributed by atoms with Gasteiger partial charge in [-0.2, -0.15) is 4.72 Å². The molecule has 0 bridgehead atoms. The third-order valence-corrected chi connectivity index (χ3v) is 4.34. The molecular formula is C14H21NO5S. The predicted octanol–water partition coefficient (Wildman–Crippen LogP) is 2.01. The summed E-state index contributed by atoms with van der Waals surface area (Å²) in [6, 6.07) is 4.87. The van der Waals surface area contributed by atoms with Crippen LogP contribution in [0.15, 0.2) is 29.2 Å². The summed E-state index contributed by atoms with van der Waals surface area (Å²) in [6.45, 7) is 4.13. The summed E-state index contributed by atoms with van der Waals surface area (Å²) >= 11 is 0. The van der Waals surface area contributed by atoms with Gasteiger partial charge in [0.1, 0.15) is 11.8 Å². The zero-order chi connectivity index (χ0) is 15.9. The van der Waals surface area contributed by atoms with Crippen LogP contribution in [0.3, 0.4) is 0 Å². The molecule has 21 heavy (non-hydrogen) atoms. The lowest BCUT2D eigenvalue weighted by Gasteiger charge is -2.15. The van der Waals surface area contributed by atoms with Crippen LogP contribution < -0.4 is 9.46 Å². The highest BCUT2D eigenvalue weighted by atomic mass is 32.2. The van der Waals surface area contributed by atoms with Crippen LogP contribution in [-0.2, 0) is 14.8 Å². The minimum Gasteiger partial charge on any atom is -0.494 e. The summed E-state index contributed by atoms with van der Waals surface area (Å²) in [5.74, 6) is -0.742. The summed E-state index contributed by atoms with van der Waals surface area (Å²) in [6.07, 6.45) is 1.69. The average Bonchev–Trinajstić information content (AvgIpc) is 2.44. The van der Waals surface area contributed by atoms with E-state index in [1.807, 2.05) is 6.92 Å². The van der Waals surface area contributed by atoms with Gasteiger partial charge in [-0.05, 0) is 25.5 Å². The van der Waals surface area contributed by atoms with E-state index in [-0.39, 0.29) is 11.3 Å². The van der Waals surface area contributed by atoms with Crippen LogP contribution in [0, 0.1) is 0 Å². The molecule has 1 aromatic carbocycles. The lowest BCUT2D eigenvalue weighted by atomic mass is 10.1. The van der Waals surface area contributed by atoms with Crippen LogP contribution in [0.5, 0.6) is 5.75 Å². The van der Waals surface area contributed by atoms with E-state index >= 15 is 0 Å². The van der Waals surface area contributed by atoms with E-state index in [4.69, 9.17) is 9.84 Å². The molecule has 7 heteroatoms. The van der Waals surface area contributed by atoms with Gasteiger partial charge in [-0.1, -0.05) is 25.8 Å². The quantitative estimate of drug-likeness (QED) is 0.727. The van der Waals surface area contributed by atoms with Gasteiger partial charge in [-0.25, -0.2) is 8.42 Å². The number of carboxylic acid groups (broad SMARTS) is 1. The Balaban J connectivity index is 2.93. The molecule has 0 aliphatic rings. The fraction of sp³-hybridized carbons (Fsp3) is 0.500. The summed E-state index contributed by atoms with van der Waals surface area (Å²) in [5.41, 5.74) is 0. The normalized spacial score (nSPS) is 12.9. The van der Waals surface area contributed by atoms with E-state index in [0.29, 0.717) is 18.8 Å². The van der Waals surface area contributed by atoms with Crippen molar-refractivity contribution in [2.75, 3.05) is 6.61 Å². The number of benzene rings is 1. The second kappa shape index (κ2) is 7.99. The van der Waals surface area contributed by atoms with Crippen molar-refractivity contribution < 1.29 is 23.1 Å². The Bertz CT molecular complexity index is 570. The Kier molecular flexibility index (Phi) is 6.64. The molecule has 118 valence electrons. The van der Waals surface area contributed by atoms with Crippen molar-refractivity contribution in [1.82, 2.24) is 4.72 Å². The van der Waals surface area contributed by atoms with Crippen LogP contribution >= 0.6 is 0 Å². The number of nitrogens with one attached hydrogen (secondary N) is 1. The molecule has 0 radical (unpaired) electrons. The van der Waals surface area contributed by atoms with Gasteiger partial charge in [0.05, 0.1) is 11.5 Å². The molecule has 1 aromatic rings. The van der Waals surface area contributed by atoms with E-state index in [9.17, 15) is 13.2 Å². The van der Waals surface area contributed by atoms with Crippen LogP contribution in [0.4, 0.5) is 0 Å². The van der Waals surface area contributed by atoms with Crippen molar-refractivity contribution in [2.24, 2.45) is 0 Å².